The second kappa shape index (κ2) is 6.81. The standard InChI is InChI=1S/C12H18N4O5S/c1-8-10(12(17)15(3)5-4-14-2)6-9(22(13,20)21)7-11(8)16(18)19/h6-7,14H,4-5H2,1-3H3,(H2,13,20,21). The maximum atomic E-state index is 12.4. The van der Waals surface area contributed by atoms with Crippen LogP contribution in [0.3, 0.4) is 0 Å². The van der Waals surface area contributed by atoms with Crippen molar-refractivity contribution in [1.82, 2.24) is 10.2 Å². The summed E-state index contributed by atoms with van der Waals surface area (Å²) in [6.07, 6.45) is 0. The van der Waals surface area contributed by atoms with E-state index in [1.165, 1.54) is 18.9 Å². The Morgan fingerprint density at radius 2 is 2.05 bits per heavy atom. The Morgan fingerprint density at radius 3 is 2.50 bits per heavy atom. The minimum absolute atomic E-state index is 0.0585. The average Bonchev–Trinajstić information content (AvgIpc) is 2.42. The SMILES string of the molecule is CNCCN(C)C(=O)c1cc(S(N)(=O)=O)cc([N+](=O)[O-])c1C. The van der Waals surface area contributed by atoms with Crippen molar-refractivity contribution in [2.75, 3.05) is 27.2 Å². The van der Waals surface area contributed by atoms with Crippen LogP contribution in [0.4, 0.5) is 5.69 Å². The van der Waals surface area contributed by atoms with E-state index in [4.69, 9.17) is 5.14 Å². The lowest BCUT2D eigenvalue weighted by Crippen LogP contribution is -2.33. The summed E-state index contributed by atoms with van der Waals surface area (Å²) < 4.78 is 22.9. The minimum Gasteiger partial charge on any atom is -0.340 e. The van der Waals surface area contributed by atoms with Crippen LogP contribution in [0.15, 0.2) is 17.0 Å². The number of hydrogen-bond acceptors (Lipinski definition) is 6. The molecule has 0 aliphatic carbocycles. The summed E-state index contributed by atoms with van der Waals surface area (Å²) in [5.74, 6) is -0.513. The number of sulfonamides is 1. The fourth-order valence-electron chi connectivity index (χ4n) is 1.84. The Labute approximate surface area is 128 Å². The topological polar surface area (TPSA) is 136 Å². The van der Waals surface area contributed by atoms with Crippen molar-refractivity contribution in [2.24, 2.45) is 5.14 Å². The van der Waals surface area contributed by atoms with Crippen molar-refractivity contribution in [1.29, 1.82) is 0 Å². The summed E-state index contributed by atoms with van der Waals surface area (Å²) in [4.78, 5) is 23.6. The number of rotatable bonds is 6. The predicted octanol–water partition coefficient (Wildman–Crippen LogP) is -0.158. The van der Waals surface area contributed by atoms with Crippen LogP contribution in [0.5, 0.6) is 0 Å². The van der Waals surface area contributed by atoms with Gasteiger partial charge in [-0.05, 0) is 20.0 Å². The van der Waals surface area contributed by atoms with E-state index in [-0.39, 0.29) is 11.1 Å². The zero-order chi connectivity index (χ0) is 17.1. The van der Waals surface area contributed by atoms with Crippen LogP contribution in [0.2, 0.25) is 0 Å². The van der Waals surface area contributed by atoms with Crippen LogP contribution in [0.1, 0.15) is 15.9 Å². The number of carbonyl (C=O) groups excluding carboxylic acids is 1. The summed E-state index contributed by atoms with van der Waals surface area (Å²) in [7, 11) is -0.921. The molecule has 0 bridgehead atoms. The third-order valence-corrected chi connectivity index (χ3v) is 4.05. The number of nitro benzene ring substituents is 1. The third-order valence-electron chi connectivity index (χ3n) is 3.15. The maximum absolute atomic E-state index is 12.4. The number of nitro groups is 1. The first-order chi connectivity index (χ1) is 10.1. The van der Waals surface area contributed by atoms with Crippen molar-refractivity contribution in [3.63, 3.8) is 0 Å². The summed E-state index contributed by atoms with van der Waals surface area (Å²) in [6, 6.07) is 1.92. The highest BCUT2D eigenvalue weighted by atomic mass is 32.2. The van der Waals surface area contributed by atoms with Gasteiger partial charge >= 0.3 is 0 Å². The van der Waals surface area contributed by atoms with Crippen LogP contribution in [0, 0.1) is 17.0 Å². The Kier molecular flexibility index (Phi) is 5.58. The molecular weight excluding hydrogens is 312 g/mol. The zero-order valence-electron chi connectivity index (χ0n) is 12.5. The molecule has 0 spiro atoms. The third kappa shape index (κ3) is 4.00. The van der Waals surface area contributed by atoms with Gasteiger partial charge in [-0.15, -0.1) is 0 Å². The fourth-order valence-corrected chi connectivity index (χ4v) is 2.39. The molecule has 0 fully saturated rings. The van der Waals surface area contributed by atoms with E-state index < -0.39 is 31.4 Å². The highest BCUT2D eigenvalue weighted by Gasteiger charge is 2.25. The predicted molar refractivity (Wildman–Crippen MR) is 80.1 cm³/mol. The van der Waals surface area contributed by atoms with Crippen molar-refractivity contribution >= 4 is 21.6 Å². The molecule has 0 aromatic heterocycles. The molecule has 9 nitrogen and oxygen atoms in total. The van der Waals surface area contributed by atoms with Gasteiger partial charge in [-0.25, -0.2) is 13.6 Å². The van der Waals surface area contributed by atoms with Crippen molar-refractivity contribution in [3.8, 4) is 0 Å². The monoisotopic (exact) mass is 330 g/mol. The molecule has 0 aliphatic rings. The van der Waals surface area contributed by atoms with E-state index in [0.29, 0.717) is 13.1 Å². The molecule has 22 heavy (non-hydrogen) atoms. The number of nitrogens with two attached hydrogens (primary N) is 1. The molecule has 0 heterocycles. The minimum atomic E-state index is -4.16. The van der Waals surface area contributed by atoms with Crippen LogP contribution < -0.4 is 10.5 Å². The summed E-state index contributed by atoms with van der Waals surface area (Å²) in [5, 5.41) is 18.9. The van der Waals surface area contributed by atoms with Gasteiger partial charge in [-0.3, -0.25) is 14.9 Å². The van der Waals surface area contributed by atoms with Gasteiger partial charge in [0.25, 0.3) is 11.6 Å². The molecule has 10 heteroatoms. The zero-order valence-corrected chi connectivity index (χ0v) is 13.3. The molecule has 0 unspecified atom stereocenters. The number of hydrogen-bond donors (Lipinski definition) is 2. The van der Waals surface area contributed by atoms with E-state index in [2.05, 4.69) is 5.32 Å². The van der Waals surface area contributed by atoms with Crippen molar-refractivity contribution in [2.45, 2.75) is 11.8 Å². The number of likely N-dealkylation sites (N-methyl/N-ethyl adjacent to an activating group) is 2. The molecule has 1 amide bonds. The lowest BCUT2D eigenvalue weighted by Gasteiger charge is -2.18. The van der Waals surface area contributed by atoms with Gasteiger partial charge in [0.2, 0.25) is 10.0 Å². The van der Waals surface area contributed by atoms with Gasteiger partial charge in [0.05, 0.1) is 15.4 Å². The normalized spacial score (nSPS) is 11.3. The molecule has 1 aromatic carbocycles. The quantitative estimate of drug-likeness (QED) is 0.549. The number of nitrogens with one attached hydrogen (secondary N) is 1. The van der Waals surface area contributed by atoms with Crippen molar-refractivity contribution in [3.05, 3.63) is 33.4 Å². The first kappa shape index (κ1) is 18.0. The van der Waals surface area contributed by atoms with E-state index >= 15 is 0 Å². The Morgan fingerprint density at radius 1 is 1.45 bits per heavy atom. The Bertz CT molecular complexity index is 702. The average molecular weight is 330 g/mol. The summed E-state index contributed by atoms with van der Waals surface area (Å²) >= 11 is 0. The van der Waals surface area contributed by atoms with Gasteiger partial charge in [0.1, 0.15) is 0 Å². The first-order valence-corrected chi connectivity index (χ1v) is 7.86. The van der Waals surface area contributed by atoms with Crippen molar-refractivity contribution < 1.29 is 18.1 Å². The van der Waals surface area contributed by atoms with Gasteiger partial charge < -0.3 is 10.2 Å². The molecule has 0 aliphatic heterocycles. The summed E-state index contributed by atoms with van der Waals surface area (Å²) in [6.45, 7) is 2.28. The second-order valence-corrected chi connectivity index (χ2v) is 6.31. The molecule has 0 saturated carbocycles. The molecule has 3 N–H and O–H groups in total. The second-order valence-electron chi connectivity index (χ2n) is 4.75. The lowest BCUT2D eigenvalue weighted by molar-refractivity contribution is -0.385. The van der Waals surface area contributed by atoms with Gasteiger partial charge in [0.15, 0.2) is 0 Å². The van der Waals surface area contributed by atoms with Crippen LogP contribution >= 0.6 is 0 Å². The van der Waals surface area contributed by atoms with Crippen LogP contribution in [0.25, 0.3) is 0 Å². The highest BCUT2D eigenvalue weighted by Crippen LogP contribution is 2.26. The van der Waals surface area contributed by atoms with E-state index in [9.17, 15) is 23.3 Å². The van der Waals surface area contributed by atoms with Gasteiger partial charge in [0, 0.05) is 31.8 Å². The van der Waals surface area contributed by atoms with E-state index in [0.717, 1.165) is 12.1 Å². The number of benzene rings is 1. The number of primary sulfonamides is 1. The number of amides is 1. The smallest absolute Gasteiger partial charge is 0.274 e. The van der Waals surface area contributed by atoms with Gasteiger partial charge in [-0.2, -0.15) is 0 Å². The molecule has 1 aromatic rings. The van der Waals surface area contributed by atoms with Crippen LogP contribution in [-0.4, -0.2) is 51.3 Å². The van der Waals surface area contributed by atoms with Gasteiger partial charge in [-0.1, -0.05) is 0 Å². The lowest BCUT2D eigenvalue weighted by atomic mass is 10.1. The first-order valence-electron chi connectivity index (χ1n) is 6.31. The largest absolute Gasteiger partial charge is 0.340 e. The highest BCUT2D eigenvalue weighted by molar-refractivity contribution is 7.89. The maximum Gasteiger partial charge on any atom is 0.274 e. The number of nitrogens with zero attached hydrogens (tertiary/aromatic N) is 2. The van der Waals surface area contributed by atoms with E-state index in [1.807, 2.05) is 0 Å². The molecule has 0 atom stereocenters. The Balaban J connectivity index is 3.43. The van der Waals surface area contributed by atoms with E-state index in [1.54, 1.807) is 7.05 Å². The molecular formula is C12H18N4O5S. The van der Waals surface area contributed by atoms with Crippen LogP contribution in [-0.2, 0) is 10.0 Å². The molecule has 0 saturated heterocycles. The Hall–Kier alpha value is -2.04. The molecule has 1 rings (SSSR count). The molecule has 0 radical (unpaired) electrons. The fraction of sp³-hybridized carbons (Fsp3) is 0.417. The molecule has 122 valence electrons. The number of carbonyl (C=O) groups is 1. The summed E-state index contributed by atoms with van der Waals surface area (Å²) in [5.41, 5.74) is -0.424.